The summed E-state index contributed by atoms with van der Waals surface area (Å²) >= 11 is 0. The van der Waals surface area contributed by atoms with Crippen molar-refractivity contribution in [3.8, 4) is 17.5 Å². The molecule has 0 atom stereocenters. The fourth-order valence-electron chi connectivity index (χ4n) is 3.88. The van der Waals surface area contributed by atoms with Gasteiger partial charge in [0, 0.05) is 63.4 Å². The van der Waals surface area contributed by atoms with E-state index in [9.17, 15) is 9.59 Å². The number of nitrogens with one attached hydrogen (secondary N) is 2. The summed E-state index contributed by atoms with van der Waals surface area (Å²) in [5, 5.41) is 15.1. The molecule has 2 N–H and O–H groups in total. The SMILES string of the molecule is CC(=O)NCCNc1cc(N2CCN(C(=O)c3cccc(C#N)c3)CC2)nc(-c2ccccc2)n1. The van der Waals surface area contributed by atoms with Crippen molar-refractivity contribution in [2.45, 2.75) is 6.92 Å². The summed E-state index contributed by atoms with van der Waals surface area (Å²) in [4.78, 5) is 37.5. The Morgan fingerprint density at radius 2 is 1.74 bits per heavy atom. The number of amides is 2. The van der Waals surface area contributed by atoms with Gasteiger partial charge in [0.05, 0.1) is 11.6 Å². The Hall–Kier alpha value is -4.45. The molecule has 1 fully saturated rings. The van der Waals surface area contributed by atoms with Crippen molar-refractivity contribution in [3.05, 3.63) is 71.8 Å². The zero-order chi connectivity index (χ0) is 24.6. The Kier molecular flexibility index (Phi) is 7.53. The fraction of sp³-hybridized carbons (Fsp3) is 0.269. The molecule has 0 radical (unpaired) electrons. The second-order valence-electron chi connectivity index (χ2n) is 8.18. The van der Waals surface area contributed by atoms with Crippen molar-refractivity contribution in [2.75, 3.05) is 49.5 Å². The first kappa shape index (κ1) is 23.7. The molecule has 2 heterocycles. The highest BCUT2D eigenvalue weighted by atomic mass is 16.2. The molecule has 0 aliphatic carbocycles. The summed E-state index contributed by atoms with van der Waals surface area (Å²) in [6, 6.07) is 20.5. The minimum atomic E-state index is -0.0769. The van der Waals surface area contributed by atoms with Crippen LogP contribution in [0.15, 0.2) is 60.7 Å². The molecule has 2 amide bonds. The second kappa shape index (κ2) is 11.1. The van der Waals surface area contributed by atoms with Gasteiger partial charge in [0.2, 0.25) is 5.91 Å². The van der Waals surface area contributed by atoms with Crippen LogP contribution in [0.2, 0.25) is 0 Å². The van der Waals surface area contributed by atoms with Crippen molar-refractivity contribution < 1.29 is 9.59 Å². The average molecular weight is 470 g/mol. The third kappa shape index (κ3) is 6.12. The first-order valence-electron chi connectivity index (χ1n) is 11.5. The molecule has 4 rings (SSSR count). The number of nitriles is 1. The first-order chi connectivity index (χ1) is 17.0. The van der Waals surface area contributed by atoms with Crippen LogP contribution < -0.4 is 15.5 Å². The van der Waals surface area contributed by atoms with Gasteiger partial charge >= 0.3 is 0 Å². The standard InChI is InChI=1S/C26H27N7O2/c1-19(34)28-10-11-29-23-17-24(31-25(30-23)21-7-3-2-4-8-21)32-12-14-33(15-13-32)26(35)22-9-5-6-20(16-22)18-27/h2-9,16-17H,10-15H2,1H3,(H,28,34)(H,29,30,31). The fourth-order valence-corrected chi connectivity index (χ4v) is 3.88. The molecule has 0 spiro atoms. The van der Waals surface area contributed by atoms with Gasteiger partial charge in [-0.3, -0.25) is 9.59 Å². The van der Waals surface area contributed by atoms with Crippen LogP contribution >= 0.6 is 0 Å². The van der Waals surface area contributed by atoms with Crippen molar-refractivity contribution in [3.63, 3.8) is 0 Å². The highest BCUT2D eigenvalue weighted by Gasteiger charge is 2.24. The van der Waals surface area contributed by atoms with Gasteiger partial charge in [0.25, 0.3) is 5.91 Å². The summed E-state index contributed by atoms with van der Waals surface area (Å²) in [6.45, 7) is 4.86. The molecule has 1 aliphatic heterocycles. The molecule has 0 unspecified atom stereocenters. The number of nitrogens with zero attached hydrogens (tertiary/aromatic N) is 5. The van der Waals surface area contributed by atoms with Gasteiger partial charge in [-0.1, -0.05) is 36.4 Å². The van der Waals surface area contributed by atoms with E-state index in [1.807, 2.05) is 36.4 Å². The molecule has 1 aliphatic rings. The van der Waals surface area contributed by atoms with Gasteiger partial charge in [-0.25, -0.2) is 9.97 Å². The predicted molar refractivity (Wildman–Crippen MR) is 134 cm³/mol. The van der Waals surface area contributed by atoms with Crippen LogP contribution in [0.1, 0.15) is 22.8 Å². The molecule has 1 saturated heterocycles. The Balaban J connectivity index is 1.48. The number of carbonyl (C=O) groups excluding carboxylic acids is 2. The summed E-state index contributed by atoms with van der Waals surface area (Å²) in [7, 11) is 0. The Bertz CT molecular complexity index is 1230. The van der Waals surface area contributed by atoms with Gasteiger partial charge in [-0.15, -0.1) is 0 Å². The lowest BCUT2D eigenvalue weighted by atomic mass is 10.1. The number of aromatic nitrogens is 2. The van der Waals surface area contributed by atoms with E-state index in [-0.39, 0.29) is 11.8 Å². The number of anilines is 2. The van der Waals surface area contributed by atoms with Crippen molar-refractivity contribution in [1.29, 1.82) is 5.26 Å². The largest absolute Gasteiger partial charge is 0.368 e. The van der Waals surface area contributed by atoms with E-state index in [0.717, 1.165) is 11.4 Å². The van der Waals surface area contributed by atoms with Gasteiger partial charge < -0.3 is 20.4 Å². The second-order valence-corrected chi connectivity index (χ2v) is 8.18. The van der Waals surface area contributed by atoms with Gasteiger partial charge in [-0.2, -0.15) is 5.26 Å². The Morgan fingerprint density at radius 3 is 2.46 bits per heavy atom. The molecular formula is C26H27N7O2. The number of hydrogen-bond acceptors (Lipinski definition) is 7. The van der Waals surface area contributed by atoms with Crippen LogP contribution in [-0.2, 0) is 4.79 Å². The summed E-state index contributed by atoms with van der Waals surface area (Å²) < 4.78 is 0. The molecule has 0 saturated carbocycles. The smallest absolute Gasteiger partial charge is 0.254 e. The number of piperazine rings is 1. The third-order valence-corrected chi connectivity index (χ3v) is 5.68. The summed E-state index contributed by atoms with van der Waals surface area (Å²) in [5.41, 5.74) is 1.91. The van der Waals surface area contributed by atoms with Crippen LogP contribution in [-0.4, -0.2) is 66.0 Å². The zero-order valence-electron chi connectivity index (χ0n) is 19.6. The number of rotatable bonds is 7. The molecule has 9 nitrogen and oxygen atoms in total. The zero-order valence-corrected chi connectivity index (χ0v) is 19.6. The lowest BCUT2D eigenvalue weighted by molar-refractivity contribution is -0.118. The molecule has 3 aromatic rings. The van der Waals surface area contributed by atoms with Gasteiger partial charge in [0.1, 0.15) is 11.6 Å². The Labute approximate surface area is 204 Å². The highest BCUT2D eigenvalue weighted by molar-refractivity contribution is 5.94. The molecule has 9 heteroatoms. The van der Waals surface area contributed by atoms with E-state index in [1.165, 1.54) is 6.92 Å². The van der Waals surface area contributed by atoms with Crippen LogP contribution in [0.25, 0.3) is 11.4 Å². The van der Waals surface area contributed by atoms with Crippen LogP contribution in [0.4, 0.5) is 11.6 Å². The van der Waals surface area contributed by atoms with E-state index >= 15 is 0 Å². The highest BCUT2D eigenvalue weighted by Crippen LogP contribution is 2.24. The van der Waals surface area contributed by atoms with E-state index < -0.39 is 0 Å². The van der Waals surface area contributed by atoms with Gasteiger partial charge in [0.15, 0.2) is 5.82 Å². The maximum absolute atomic E-state index is 12.9. The van der Waals surface area contributed by atoms with E-state index in [0.29, 0.717) is 62.0 Å². The van der Waals surface area contributed by atoms with Crippen LogP contribution in [0, 0.1) is 11.3 Å². The maximum Gasteiger partial charge on any atom is 0.254 e. The summed E-state index contributed by atoms with van der Waals surface area (Å²) in [5.74, 6) is 1.91. The topological polar surface area (TPSA) is 114 Å². The van der Waals surface area contributed by atoms with Crippen molar-refractivity contribution >= 4 is 23.5 Å². The monoisotopic (exact) mass is 469 g/mol. The van der Waals surface area contributed by atoms with E-state index in [2.05, 4.69) is 26.6 Å². The lowest BCUT2D eigenvalue weighted by Gasteiger charge is -2.35. The Morgan fingerprint density at radius 1 is 0.971 bits per heavy atom. The van der Waals surface area contributed by atoms with E-state index in [4.69, 9.17) is 10.2 Å². The predicted octanol–water partition coefficient (Wildman–Crippen LogP) is 2.53. The minimum absolute atomic E-state index is 0.0743. The molecule has 2 aromatic carbocycles. The first-order valence-corrected chi connectivity index (χ1v) is 11.5. The average Bonchev–Trinajstić information content (AvgIpc) is 2.91. The minimum Gasteiger partial charge on any atom is -0.368 e. The number of carbonyl (C=O) groups is 2. The third-order valence-electron chi connectivity index (χ3n) is 5.68. The number of benzene rings is 2. The molecule has 0 bridgehead atoms. The van der Waals surface area contributed by atoms with Crippen molar-refractivity contribution in [2.24, 2.45) is 0 Å². The normalized spacial score (nSPS) is 13.1. The van der Waals surface area contributed by atoms with Crippen LogP contribution in [0.3, 0.4) is 0 Å². The summed E-state index contributed by atoms with van der Waals surface area (Å²) in [6.07, 6.45) is 0. The maximum atomic E-state index is 12.9. The number of hydrogen-bond donors (Lipinski definition) is 2. The van der Waals surface area contributed by atoms with Gasteiger partial charge in [-0.05, 0) is 18.2 Å². The molecule has 1 aromatic heterocycles. The molecule has 35 heavy (non-hydrogen) atoms. The molecule has 178 valence electrons. The lowest BCUT2D eigenvalue weighted by Crippen LogP contribution is -2.49. The van der Waals surface area contributed by atoms with Crippen LogP contribution in [0.5, 0.6) is 0 Å². The molecular weight excluding hydrogens is 442 g/mol. The quantitative estimate of drug-likeness (QED) is 0.511. The van der Waals surface area contributed by atoms with Crippen molar-refractivity contribution in [1.82, 2.24) is 20.2 Å². The van der Waals surface area contributed by atoms with E-state index in [1.54, 1.807) is 29.2 Å².